The van der Waals surface area contributed by atoms with Gasteiger partial charge in [-0.1, -0.05) is 23.7 Å². The zero-order chi connectivity index (χ0) is 8.48. The van der Waals surface area contributed by atoms with Crippen molar-refractivity contribution >= 4 is 27.2 Å². The topological polar surface area (TPSA) is 43.1 Å². The van der Waals surface area contributed by atoms with E-state index in [0.717, 1.165) is 0 Å². The Morgan fingerprint density at radius 3 is 2.36 bits per heavy atom. The Labute approximate surface area is 71.1 Å². The van der Waals surface area contributed by atoms with Crippen LogP contribution in [-0.2, 0) is 9.71 Å². The van der Waals surface area contributed by atoms with Gasteiger partial charge in [0.2, 0.25) is 0 Å². The maximum absolute atomic E-state index is 11.2. The lowest BCUT2D eigenvalue weighted by atomic mass is 10.4. The van der Waals surface area contributed by atoms with Gasteiger partial charge in [-0.3, -0.25) is 5.14 Å². The molecule has 1 rings (SSSR count). The summed E-state index contributed by atoms with van der Waals surface area (Å²) in [7, 11) is -2.67. The Morgan fingerprint density at radius 2 is 2.00 bits per heavy atom. The van der Waals surface area contributed by atoms with Crippen LogP contribution < -0.4 is 5.14 Å². The van der Waals surface area contributed by atoms with Crippen molar-refractivity contribution in [2.45, 2.75) is 4.90 Å². The van der Waals surface area contributed by atoms with Gasteiger partial charge in [0.15, 0.2) is 0 Å². The predicted molar refractivity (Wildman–Crippen MR) is 49.2 cm³/mol. The van der Waals surface area contributed by atoms with Gasteiger partial charge in [0, 0.05) is 0 Å². The first-order chi connectivity index (χ1) is 5.02. The summed E-state index contributed by atoms with van der Waals surface area (Å²) in [6.07, 6.45) is 0. The lowest BCUT2D eigenvalue weighted by Crippen LogP contribution is -2.12. The standard InChI is InChI=1S/C7H8ClNOS/c1-11(9,10)7-5-3-2-4-6(7)8/h2-5H,1H2,(H2,9,10). The highest BCUT2D eigenvalue weighted by molar-refractivity contribution is 7.98. The summed E-state index contributed by atoms with van der Waals surface area (Å²) in [4.78, 5) is 0.404. The summed E-state index contributed by atoms with van der Waals surface area (Å²) in [6, 6.07) is 6.71. The fraction of sp³-hybridized carbons (Fsp3) is 0. The zero-order valence-corrected chi connectivity index (χ0v) is 7.36. The Balaban J connectivity index is 3.37. The molecule has 0 spiro atoms. The SMILES string of the molecule is C=S(N)(=O)c1ccccc1Cl. The van der Waals surface area contributed by atoms with Crippen LogP contribution in [0.2, 0.25) is 5.02 Å². The van der Waals surface area contributed by atoms with Crippen LogP contribution in [0.3, 0.4) is 0 Å². The molecule has 0 amide bonds. The first kappa shape index (κ1) is 8.59. The van der Waals surface area contributed by atoms with Gasteiger partial charge in [0.05, 0.1) is 19.6 Å². The molecular formula is C7H8ClNOS. The Morgan fingerprint density at radius 1 is 1.45 bits per heavy atom. The second-order valence-electron chi connectivity index (χ2n) is 2.16. The average Bonchev–Trinajstić information content (AvgIpc) is 1.86. The third kappa shape index (κ3) is 1.96. The minimum Gasteiger partial charge on any atom is -0.256 e. The molecule has 0 bridgehead atoms. The molecule has 0 saturated carbocycles. The van der Waals surface area contributed by atoms with Gasteiger partial charge in [-0.05, 0) is 18.0 Å². The second kappa shape index (κ2) is 2.85. The Kier molecular flexibility index (Phi) is 2.23. The van der Waals surface area contributed by atoms with Gasteiger partial charge in [0.25, 0.3) is 0 Å². The van der Waals surface area contributed by atoms with E-state index in [0.29, 0.717) is 9.92 Å². The molecule has 1 unspecified atom stereocenters. The molecule has 0 aromatic heterocycles. The number of hydrogen-bond acceptors (Lipinski definition) is 1. The number of halogens is 1. The van der Waals surface area contributed by atoms with Crippen LogP contribution in [0.25, 0.3) is 0 Å². The van der Waals surface area contributed by atoms with Crippen molar-refractivity contribution in [2.75, 3.05) is 0 Å². The highest BCUT2D eigenvalue weighted by atomic mass is 35.5. The molecule has 4 heteroatoms. The molecule has 11 heavy (non-hydrogen) atoms. The van der Waals surface area contributed by atoms with E-state index in [-0.39, 0.29) is 0 Å². The lowest BCUT2D eigenvalue weighted by molar-refractivity contribution is 0.682. The van der Waals surface area contributed by atoms with Gasteiger partial charge in [-0.25, -0.2) is 4.21 Å². The molecular weight excluding hydrogens is 182 g/mol. The molecule has 0 fully saturated rings. The summed E-state index contributed by atoms with van der Waals surface area (Å²) < 4.78 is 11.2. The van der Waals surface area contributed by atoms with Crippen LogP contribution in [0.15, 0.2) is 29.2 Å². The molecule has 0 radical (unpaired) electrons. The normalized spacial score (nSPS) is 15.8. The molecule has 1 aromatic carbocycles. The van der Waals surface area contributed by atoms with Gasteiger partial charge in [-0.2, -0.15) is 0 Å². The molecule has 1 atom stereocenters. The largest absolute Gasteiger partial charge is 0.256 e. The van der Waals surface area contributed by atoms with E-state index in [2.05, 4.69) is 5.87 Å². The van der Waals surface area contributed by atoms with Crippen molar-refractivity contribution in [3.05, 3.63) is 29.3 Å². The molecule has 0 heterocycles. The van der Waals surface area contributed by atoms with Crippen molar-refractivity contribution in [3.8, 4) is 0 Å². The number of hydrogen-bond donors (Lipinski definition) is 1. The van der Waals surface area contributed by atoms with Gasteiger partial charge in [-0.15, -0.1) is 0 Å². The molecule has 1 aromatic rings. The fourth-order valence-corrected chi connectivity index (χ4v) is 1.96. The van der Waals surface area contributed by atoms with Crippen molar-refractivity contribution in [3.63, 3.8) is 0 Å². The van der Waals surface area contributed by atoms with Crippen molar-refractivity contribution < 1.29 is 4.21 Å². The van der Waals surface area contributed by atoms with Crippen LogP contribution in [0.5, 0.6) is 0 Å². The summed E-state index contributed by atoms with van der Waals surface area (Å²) in [6.45, 7) is 0. The molecule has 2 nitrogen and oxygen atoms in total. The first-order valence-electron chi connectivity index (χ1n) is 2.91. The minimum absolute atomic E-state index is 0.398. The van der Waals surface area contributed by atoms with Gasteiger partial charge >= 0.3 is 0 Å². The molecule has 60 valence electrons. The number of nitrogens with two attached hydrogens (primary N) is 1. The second-order valence-corrected chi connectivity index (χ2v) is 4.46. The Bertz CT molecular complexity index is 358. The van der Waals surface area contributed by atoms with Crippen molar-refractivity contribution in [1.82, 2.24) is 0 Å². The van der Waals surface area contributed by atoms with Crippen LogP contribution in [0, 0.1) is 0 Å². The van der Waals surface area contributed by atoms with E-state index in [4.69, 9.17) is 16.7 Å². The maximum atomic E-state index is 11.2. The zero-order valence-electron chi connectivity index (χ0n) is 5.79. The quantitative estimate of drug-likeness (QED) is 0.665. The average molecular weight is 190 g/mol. The summed E-state index contributed by atoms with van der Waals surface area (Å²) >= 11 is 5.71. The maximum Gasteiger partial charge on any atom is 0.0628 e. The molecule has 0 aliphatic rings. The Hall–Kier alpha value is -0.510. The highest BCUT2D eigenvalue weighted by Crippen LogP contribution is 2.18. The summed E-state index contributed by atoms with van der Waals surface area (Å²) in [5.41, 5.74) is 0. The van der Waals surface area contributed by atoms with Gasteiger partial charge < -0.3 is 0 Å². The van der Waals surface area contributed by atoms with Crippen LogP contribution in [0.4, 0.5) is 0 Å². The minimum atomic E-state index is -2.67. The number of rotatable bonds is 1. The fourth-order valence-electron chi connectivity index (χ4n) is 0.725. The summed E-state index contributed by atoms with van der Waals surface area (Å²) in [5.74, 6) is 3.32. The molecule has 0 aliphatic carbocycles. The molecule has 0 aliphatic heterocycles. The van der Waals surface area contributed by atoms with E-state index in [9.17, 15) is 4.21 Å². The van der Waals surface area contributed by atoms with Crippen molar-refractivity contribution in [1.29, 1.82) is 0 Å². The molecule has 2 N–H and O–H groups in total. The predicted octanol–water partition coefficient (Wildman–Crippen LogP) is 1.29. The number of benzene rings is 1. The van der Waals surface area contributed by atoms with Crippen LogP contribution in [-0.4, -0.2) is 10.1 Å². The van der Waals surface area contributed by atoms with E-state index in [1.165, 1.54) is 0 Å². The first-order valence-corrected chi connectivity index (χ1v) is 5.08. The van der Waals surface area contributed by atoms with E-state index >= 15 is 0 Å². The van der Waals surface area contributed by atoms with Crippen LogP contribution >= 0.6 is 11.6 Å². The monoisotopic (exact) mass is 189 g/mol. The smallest absolute Gasteiger partial charge is 0.0628 e. The van der Waals surface area contributed by atoms with E-state index in [1.54, 1.807) is 24.3 Å². The third-order valence-corrected chi connectivity index (χ3v) is 2.75. The van der Waals surface area contributed by atoms with Crippen molar-refractivity contribution in [2.24, 2.45) is 5.14 Å². The molecule has 0 saturated heterocycles. The summed E-state index contributed by atoms with van der Waals surface area (Å²) in [5, 5.41) is 5.69. The van der Waals surface area contributed by atoms with E-state index < -0.39 is 9.71 Å². The van der Waals surface area contributed by atoms with E-state index in [1.807, 2.05) is 0 Å². The van der Waals surface area contributed by atoms with Gasteiger partial charge in [0.1, 0.15) is 0 Å². The highest BCUT2D eigenvalue weighted by Gasteiger charge is 2.04. The van der Waals surface area contributed by atoms with Crippen LogP contribution in [0.1, 0.15) is 0 Å². The third-order valence-electron chi connectivity index (χ3n) is 1.21. The lowest BCUT2D eigenvalue weighted by Gasteiger charge is -2.03.